The Labute approximate surface area is 139 Å². The van der Waals surface area contributed by atoms with Crippen molar-refractivity contribution in [2.75, 3.05) is 21.3 Å². The molecule has 2 aromatic carbocycles. The Bertz CT molecular complexity index is 758. The van der Waals surface area contributed by atoms with E-state index >= 15 is 0 Å². The van der Waals surface area contributed by atoms with Crippen molar-refractivity contribution in [3.05, 3.63) is 41.5 Å². The van der Waals surface area contributed by atoms with Crippen molar-refractivity contribution in [3.8, 4) is 28.7 Å². The summed E-state index contributed by atoms with van der Waals surface area (Å²) in [5.41, 5.74) is 1.55. The smallest absolute Gasteiger partial charge is 0.312 e. The van der Waals surface area contributed by atoms with E-state index in [0.29, 0.717) is 23.0 Å². The summed E-state index contributed by atoms with van der Waals surface area (Å²) in [5, 5.41) is 9.79. The molecule has 6 nitrogen and oxygen atoms in total. The van der Waals surface area contributed by atoms with Gasteiger partial charge < -0.3 is 24.1 Å². The maximum absolute atomic E-state index is 12.0. The van der Waals surface area contributed by atoms with Gasteiger partial charge in [0, 0.05) is 11.5 Å². The lowest BCUT2D eigenvalue weighted by atomic mass is 9.86. The van der Waals surface area contributed by atoms with Crippen LogP contribution in [-0.2, 0) is 4.79 Å². The van der Waals surface area contributed by atoms with Crippen molar-refractivity contribution >= 4 is 5.97 Å². The lowest BCUT2D eigenvalue weighted by Crippen LogP contribution is -2.21. The van der Waals surface area contributed by atoms with Crippen molar-refractivity contribution in [2.45, 2.75) is 12.3 Å². The molecule has 1 heterocycles. The lowest BCUT2D eigenvalue weighted by molar-refractivity contribution is -0.135. The van der Waals surface area contributed by atoms with Crippen molar-refractivity contribution in [1.29, 1.82) is 0 Å². The Morgan fingerprint density at radius 2 is 1.71 bits per heavy atom. The third-order valence-electron chi connectivity index (χ3n) is 4.05. The number of hydrogen-bond acceptors (Lipinski definition) is 6. The third kappa shape index (κ3) is 2.71. The standard InChI is InChI=1S/C18H18O6/c1-21-15-6-10(7-16(22-2)18(15)23-3)12-9-17(20)24-14-5-4-11(19)8-13(12)14/h4-8,12,19H,9H2,1-3H3/t12-/m1/s1. The number of phenolic OH excluding ortho intramolecular Hbond substituents is 1. The summed E-state index contributed by atoms with van der Waals surface area (Å²) in [7, 11) is 4.61. The number of aromatic hydroxyl groups is 1. The van der Waals surface area contributed by atoms with Gasteiger partial charge in [0.25, 0.3) is 0 Å². The van der Waals surface area contributed by atoms with E-state index < -0.39 is 0 Å². The summed E-state index contributed by atoms with van der Waals surface area (Å²) in [5.74, 6) is 1.46. The number of rotatable bonds is 4. The summed E-state index contributed by atoms with van der Waals surface area (Å²) in [6.07, 6.45) is 0.162. The number of esters is 1. The molecule has 0 radical (unpaired) electrons. The number of ether oxygens (including phenoxy) is 4. The van der Waals surface area contributed by atoms with E-state index in [2.05, 4.69) is 0 Å². The highest BCUT2D eigenvalue weighted by molar-refractivity contribution is 5.78. The molecule has 0 fully saturated rings. The van der Waals surface area contributed by atoms with Gasteiger partial charge in [-0.1, -0.05) is 0 Å². The van der Waals surface area contributed by atoms with Crippen molar-refractivity contribution in [1.82, 2.24) is 0 Å². The fourth-order valence-electron chi connectivity index (χ4n) is 2.94. The Morgan fingerprint density at radius 1 is 1.04 bits per heavy atom. The predicted molar refractivity (Wildman–Crippen MR) is 86.3 cm³/mol. The number of benzene rings is 2. The van der Waals surface area contributed by atoms with Crippen LogP contribution in [0.2, 0.25) is 0 Å². The van der Waals surface area contributed by atoms with Gasteiger partial charge in [-0.3, -0.25) is 4.79 Å². The van der Waals surface area contributed by atoms with Gasteiger partial charge >= 0.3 is 5.97 Å². The van der Waals surface area contributed by atoms with Crippen molar-refractivity contribution in [2.24, 2.45) is 0 Å². The highest BCUT2D eigenvalue weighted by atomic mass is 16.5. The summed E-state index contributed by atoms with van der Waals surface area (Å²) in [6, 6.07) is 8.29. The largest absolute Gasteiger partial charge is 0.508 e. The van der Waals surface area contributed by atoms with Crippen LogP contribution in [0.15, 0.2) is 30.3 Å². The number of fused-ring (bicyclic) bond motifs is 1. The molecule has 24 heavy (non-hydrogen) atoms. The zero-order valence-corrected chi connectivity index (χ0v) is 13.7. The first-order chi connectivity index (χ1) is 11.6. The van der Waals surface area contributed by atoms with E-state index in [9.17, 15) is 9.90 Å². The molecule has 0 aliphatic carbocycles. The van der Waals surface area contributed by atoms with Gasteiger partial charge in [-0.25, -0.2) is 0 Å². The molecule has 1 atom stereocenters. The molecule has 3 rings (SSSR count). The number of methoxy groups -OCH3 is 3. The van der Waals surface area contributed by atoms with E-state index in [1.165, 1.54) is 27.4 Å². The van der Waals surface area contributed by atoms with Gasteiger partial charge in [-0.05, 0) is 35.9 Å². The van der Waals surface area contributed by atoms with E-state index in [4.69, 9.17) is 18.9 Å². The maximum Gasteiger partial charge on any atom is 0.312 e. The second kappa shape index (κ2) is 6.31. The quantitative estimate of drug-likeness (QED) is 0.686. The van der Waals surface area contributed by atoms with Crippen LogP contribution >= 0.6 is 0 Å². The number of phenols is 1. The molecule has 1 aliphatic heterocycles. The molecule has 0 saturated heterocycles. The van der Waals surface area contributed by atoms with E-state index in [0.717, 1.165) is 11.1 Å². The fraction of sp³-hybridized carbons (Fsp3) is 0.278. The fourth-order valence-corrected chi connectivity index (χ4v) is 2.94. The van der Waals surface area contributed by atoms with Crippen LogP contribution in [0.25, 0.3) is 0 Å². The Kier molecular flexibility index (Phi) is 4.20. The average Bonchev–Trinajstić information content (AvgIpc) is 2.60. The van der Waals surface area contributed by atoms with Crippen molar-refractivity contribution in [3.63, 3.8) is 0 Å². The normalized spacial score (nSPS) is 16.1. The van der Waals surface area contributed by atoms with E-state index in [1.807, 2.05) is 0 Å². The first-order valence-corrected chi connectivity index (χ1v) is 7.40. The first kappa shape index (κ1) is 16.0. The Balaban J connectivity index is 2.15. The SMILES string of the molecule is COc1cc([C@H]2CC(=O)Oc3ccc(O)cc32)cc(OC)c1OC. The van der Waals surface area contributed by atoms with Crippen LogP contribution in [0, 0.1) is 0 Å². The molecule has 0 amide bonds. The van der Waals surface area contributed by atoms with Gasteiger partial charge in [-0.15, -0.1) is 0 Å². The third-order valence-corrected chi connectivity index (χ3v) is 4.05. The monoisotopic (exact) mass is 330 g/mol. The lowest BCUT2D eigenvalue weighted by Gasteiger charge is -2.26. The molecule has 0 saturated carbocycles. The maximum atomic E-state index is 12.0. The summed E-state index contributed by atoms with van der Waals surface area (Å²) in [4.78, 5) is 12.0. The van der Waals surface area contributed by atoms with Crippen LogP contribution in [-0.4, -0.2) is 32.4 Å². The molecule has 0 aromatic heterocycles. The number of carbonyl (C=O) groups excluding carboxylic acids is 1. The van der Waals surface area contributed by atoms with Gasteiger partial charge in [-0.2, -0.15) is 0 Å². The molecule has 126 valence electrons. The molecule has 1 N–H and O–H groups in total. The highest BCUT2D eigenvalue weighted by Gasteiger charge is 2.30. The highest BCUT2D eigenvalue weighted by Crippen LogP contribution is 2.45. The van der Waals surface area contributed by atoms with Gasteiger partial charge in [0.15, 0.2) is 11.5 Å². The molecule has 1 aliphatic rings. The van der Waals surface area contributed by atoms with Crippen LogP contribution in [0.5, 0.6) is 28.7 Å². The Morgan fingerprint density at radius 3 is 2.29 bits per heavy atom. The summed E-state index contributed by atoms with van der Waals surface area (Å²) in [6.45, 7) is 0. The van der Waals surface area contributed by atoms with Crippen molar-refractivity contribution < 1.29 is 28.8 Å². The van der Waals surface area contributed by atoms with Crippen LogP contribution in [0.1, 0.15) is 23.5 Å². The molecule has 0 unspecified atom stereocenters. The molecular formula is C18H18O6. The van der Waals surface area contributed by atoms with Gasteiger partial charge in [0.2, 0.25) is 5.75 Å². The molecule has 6 heteroatoms. The topological polar surface area (TPSA) is 74.2 Å². The second-order valence-electron chi connectivity index (χ2n) is 5.41. The van der Waals surface area contributed by atoms with Crippen LogP contribution in [0.3, 0.4) is 0 Å². The van der Waals surface area contributed by atoms with Gasteiger partial charge in [0.05, 0.1) is 27.8 Å². The summed E-state index contributed by atoms with van der Waals surface area (Å²) < 4.78 is 21.3. The van der Waals surface area contributed by atoms with Gasteiger partial charge in [0.1, 0.15) is 11.5 Å². The molecule has 0 bridgehead atoms. The molecule has 2 aromatic rings. The minimum absolute atomic E-state index is 0.115. The molecular weight excluding hydrogens is 312 g/mol. The number of carbonyl (C=O) groups is 1. The summed E-state index contributed by atoms with van der Waals surface area (Å²) >= 11 is 0. The van der Waals surface area contributed by atoms with Crippen LogP contribution in [0.4, 0.5) is 0 Å². The zero-order valence-electron chi connectivity index (χ0n) is 13.7. The number of hydrogen-bond donors (Lipinski definition) is 1. The Hall–Kier alpha value is -2.89. The predicted octanol–water partition coefficient (Wildman–Crippen LogP) is 2.86. The van der Waals surface area contributed by atoms with Crippen LogP contribution < -0.4 is 18.9 Å². The second-order valence-corrected chi connectivity index (χ2v) is 5.41. The minimum Gasteiger partial charge on any atom is -0.508 e. The minimum atomic E-state index is -0.327. The average molecular weight is 330 g/mol. The van der Waals surface area contributed by atoms with E-state index in [-0.39, 0.29) is 24.1 Å². The van der Waals surface area contributed by atoms with E-state index in [1.54, 1.807) is 24.3 Å². The molecule has 0 spiro atoms. The zero-order chi connectivity index (χ0) is 17.3. The first-order valence-electron chi connectivity index (χ1n) is 7.40.